The van der Waals surface area contributed by atoms with Crippen molar-refractivity contribution in [2.45, 2.75) is 0 Å². The third-order valence-corrected chi connectivity index (χ3v) is 5.97. The summed E-state index contributed by atoms with van der Waals surface area (Å²) >= 11 is 1.30. The lowest BCUT2D eigenvalue weighted by atomic mass is 10.1. The van der Waals surface area contributed by atoms with Gasteiger partial charge >= 0.3 is 0 Å². The van der Waals surface area contributed by atoms with Gasteiger partial charge in [0.25, 0.3) is 0 Å². The van der Waals surface area contributed by atoms with Crippen molar-refractivity contribution in [2.75, 3.05) is 7.11 Å². The number of hydrogen-bond acceptors (Lipinski definition) is 6. The first-order valence-electron chi connectivity index (χ1n) is 9.95. The van der Waals surface area contributed by atoms with Crippen LogP contribution in [0.1, 0.15) is 15.2 Å². The molecule has 3 aromatic carbocycles. The molecule has 0 N–H and O–H groups in total. The van der Waals surface area contributed by atoms with Crippen LogP contribution in [0.3, 0.4) is 0 Å². The van der Waals surface area contributed by atoms with Gasteiger partial charge in [-0.15, -0.1) is 11.3 Å². The van der Waals surface area contributed by atoms with Gasteiger partial charge in [0.15, 0.2) is 0 Å². The molecule has 0 bridgehead atoms. The molecule has 0 fully saturated rings. The number of nitrogens with zero attached hydrogens (tertiary/aromatic N) is 4. The third kappa shape index (κ3) is 3.81. The largest absolute Gasteiger partial charge is 0.497 e. The minimum Gasteiger partial charge on any atom is -0.497 e. The molecule has 7 heteroatoms. The highest BCUT2D eigenvalue weighted by Gasteiger charge is 2.25. The molecule has 0 aliphatic carbocycles. The fraction of sp³-hybridized carbons (Fsp3) is 0.0400. The summed E-state index contributed by atoms with van der Waals surface area (Å²) < 4.78 is 7.54. The molecule has 0 atom stereocenters. The number of fused-ring (bicyclic) bond motifs is 1. The number of ether oxygens (including phenoxy) is 1. The van der Waals surface area contributed by atoms with Crippen LogP contribution in [0.5, 0.6) is 5.75 Å². The van der Waals surface area contributed by atoms with Gasteiger partial charge in [0.2, 0.25) is 5.78 Å². The molecule has 5 rings (SSSR count). The summed E-state index contributed by atoms with van der Waals surface area (Å²) in [5, 5.41) is 4.76. The monoisotopic (exact) mass is 438 g/mol. The van der Waals surface area contributed by atoms with E-state index in [4.69, 9.17) is 14.8 Å². The Bertz CT molecular complexity index is 1410. The van der Waals surface area contributed by atoms with Crippen LogP contribution in [0.2, 0.25) is 0 Å². The van der Waals surface area contributed by atoms with Gasteiger partial charge in [-0.1, -0.05) is 36.4 Å². The number of thiophene rings is 1. The smallest absolute Gasteiger partial charge is 0.205 e. The first kappa shape index (κ1) is 19.8. The predicted octanol–water partition coefficient (Wildman–Crippen LogP) is 4.91. The van der Waals surface area contributed by atoms with E-state index in [1.54, 1.807) is 42.4 Å². The maximum absolute atomic E-state index is 13.3. The highest BCUT2D eigenvalue weighted by atomic mass is 32.1. The quantitative estimate of drug-likeness (QED) is 0.366. The van der Waals surface area contributed by atoms with E-state index in [-0.39, 0.29) is 5.78 Å². The van der Waals surface area contributed by atoms with Gasteiger partial charge in [-0.25, -0.2) is 14.7 Å². The fourth-order valence-corrected chi connectivity index (χ4v) is 4.32. The van der Waals surface area contributed by atoms with Gasteiger partial charge < -0.3 is 4.74 Å². The molecule has 3 aromatic rings. The van der Waals surface area contributed by atoms with Crippen molar-refractivity contribution in [3.63, 3.8) is 0 Å². The number of carbonyl (C=O) groups excluding carboxylic acids is 1. The van der Waals surface area contributed by atoms with Gasteiger partial charge in [0.1, 0.15) is 33.0 Å². The first-order chi connectivity index (χ1) is 15.7. The van der Waals surface area contributed by atoms with Gasteiger partial charge in [0.05, 0.1) is 18.5 Å². The zero-order valence-corrected chi connectivity index (χ0v) is 18.0. The molecule has 156 valence electrons. The summed E-state index contributed by atoms with van der Waals surface area (Å²) in [6, 6.07) is 26.4. The van der Waals surface area contributed by atoms with Crippen LogP contribution in [0.25, 0.3) is 17.1 Å². The van der Waals surface area contributed by atoms with Gasteiger partial charge in [-0.05, 0) is 48.5 Å². The molecule has 0 saturated carbocycles. The minimum absolute atomic E-state index is 0.121. The van der Waals surface area contributed by atoms with E-state index in [1.165, 1.54) is 11.3 Å². The molecule has 0 unspecified atom stereocenters. The molecule has 2 aliphatic heterocycles. The minimum atomic E-state index is -0.121. The van der Waals surface area contributed by atoms with Gasteiger partial charge in [-0.3, -0.25) is 4.79 Å². The molecule has 0 radical (unpaired) electrons. The fourth-order valence-electron chi connectivity index (χ4n) is 3.29. The Hall–Kier alpha value is -4.10. The molecule has 0 saturated heterocycles. The van der Waals surface area contributed by atoms with E-state index >= 15 is 0 Å². The number of benzene rings is 3. The SMILES string of the molecule is COc1ccc(C(=O)c2sc(=Nc3ccccc3)c3nn(-c4ccccc4)cnc2-3)cc1. The topological polar surface area (TPSA) is 69.4 Å². The Balaban J connectivity index is 1.68. The van der Waals surface area contributed by atoms with Crippen LogP contribution in [0, 0.1) is 0 Å². The van der Waals surface area contributed by atoms with Crippen molar-refractivity contribution < 1.29 is 9.53 Å². The average Bonchev–Trinajstić information content (AvgIpc) is 3.22. The number of para-hydroxylation sites is 2. The molecule has 0 spiro atoms. The maximum Gasteiger partial charge on any atom is 0.205 e. The van der Waals surface area contributed by atoms with E-state index < -0.39 is 0 Å². The first-order valence-corrected chi connectivity index (χ1v) is 10.8. The van der Waals surface area contributed by atoms with Crippen LogP contribution in [0.15, 0.2) is 96.2 Å². The third-order valence-electron chi connectivity index (χ3n) is 4.91. The summed E-state index contributed by atoms with van der Waals surface area (Å²) in [4.78, 5) is 23.2. The van der Waals surface area contributed by atoms with Crippen LogP contribution >= 0.6 is 11.3 Å². The Morgan fingerprint density at radius 1 is 0.906 bits per heavy atom. The van der Waals surface area contributed by atoms with Crippen molar-refractivity contribution in [2.24, 2.45) is 4.99 Å². The number of rotatable bonds is 5. The highest BCUT2D eigenvalue weighted by molar-refractivity contribution is 7.13. The van der Waals surface area contributed by atoms with Crippen LogP contribution < -0.4 is 9.41 Å². The number of aromatic nitrogens is 3. The van der Waals surface area contributed by atoms with Crippen molar-refractivity contribution in [1.82, 2.24) is 14.8 Å². The second-order valence-electron chi connectivity index (χ2n) is 6.96. The maximum atomic E-state index is 13.3. The lowest BCUT2D eigenvalue weighted by Crippen LogP contribution is -2.10. The highest BCUT2D eigenvalue weighted by Crippen LogP contribution is 2.28. The lowest BCUT2D eigenvalue weighted by Gasteiger charge is -2.07. The number of carbonyl (C=O) groups is 1. The van der Waals surface area contributed by atoms with E-state index in [9.17, 15) is 4.79 Å². The predicted molar refractivity (Wildman–Crippen MR) is 124 cm³/mol. The lowest BCUT2D eigenvalue weighted by molar-refractivity contribution is 0.104. The van der Waals surface area contributed by atoms with Crippen molar-refractivity contribution in [3.05, 3.63) is 106 Å². The van der Waals surface area contributed by atoms with E-state index in [0.717, 1.165) is 11.4 Å². The molecule has 2 aliphatic rings. The van der Waals surface area contributed by atoms with Crippen LogP contribution in [-0.4, -0.2) is 27.7 Å². The Labute approximate surface area is 188 Å². The second-order valence-corrected chi connectivity index (χ2v) is 7.96. The molecule has 2 heterocycles. The Kier molecular flexibility index (Phi) is 5.31. The molecule has 0 amide bonds. The van der Waals surface area contributed by atoms with E-state index in [2.05, 4.69) is 4.98 Å². The molecular formula is C25H18N4O2S. The van der Waals surface area contributed by atoms with Crippen molar-refractivity contribution in [3.8, 4) is 22.8 Å². The Morgan fingerprint density at radius 3 is 2.28 bits per heavy atom. The summed E-state index contributed by atoms with van der Waals surface area (Å²) in [6.45, 7) is 0. The normalized spacial score (nSPS) is 11.6. The Morgan fingerprint density at radius 2 is 1.59 bits per heavy atom. The summed E-state index contributed by atoms with van der Waals surface area (Å²) in [5.41, 5.74) is 3.35. The number of ketones is 1. The average molecular weight is 439 g/mol. The second kappa shape index (κ2) is 8.56. The van der Waals surface area contributed by atoms with Crippen LogP contribution in [-0.2, 0) is 0 Å². The standard InChI is InChI=1S/C25H18N4O2S/c1-31-20-14-12-17(13-15-20)23(30)24-21-22(25(32-24)27-18-8-4-2-5-9-18)28-29(16-26-21)19-10-6-3-7-11-19/h2-16H,1H3. The van der Waals surface area contributed by atoms with E-state index in [0.29, 0.717) is 32.2 Å². The van der Waals surface area contributed by atoms with Crippen LogP contribution in [0.4, 0.5) is 5.69 Å². The van der Waals surface area contributed by atoms with E-state index in [1.807, 2.05) is 60.7 Å². The molecular weight excluding hydrogens is 420 g/mol. The molecule has 0 aromatic heterocycles. The zero-order valence-electron chi connectivity index (χ0n) is 17.2. The van der Waals surface area contributed by atoms with Crippen molar-refractivity contribution >= 4 is 22.8 Å². The van der Waals surface area contributed by atoms with Gasteiger partial charge in [0, 0.05) is 5.56 Å². The molecule has 6 nitrogen and oxygen atoms in total. The van der Waals surface area contributed by atoms with Gasteiger partial charge in [-0.2, -0.15) is 5.10 Å². The summed E-state index contributed by atoms with van der Waals surface area (Å²) in [7, 11) is 1.60. The number of methoxy groups -OCH3 is 1. The van der Waals surface area contributed by atoms with Crippen molar-refractivity contribution in [1.29, 1.82) is 0 Å². The zero-order chi connectivity index (χ0) is 21.9. The summed E-state index contributed by atoms with van der Waals surface area (Å²) in [5.74, 6) is 0.574. The summed E-state index contributed by atoms with van der Waals surface area (Å²) in [6.07, 6.45) is 1.63. The number of hydrogen-bond donors (Lipinski definition) is 0. The molecule has 32 heavy (non-hydrogen) atoms.